The van der Waals surface area contributed by atoms with Crippen molar-refractivity contribution >= 4 is 30.3 Å². The maximum atomic E-state index is 12.4. The number of hydrogen-bond donors (Lipinski definition) is 3. The van der Waals surface area contributed by atoms with E-state index in [1.807, 2.05) is 0 Å². The predicted molar refractivity (Wildman–Crippen MR) is 82.7 cm³/mol. The molecule has 3 N–H and O–H groups in total. The number of carbonyl (C=O) groups excluding carboxylic acids is 3. The Balaban J connectivity index is 0.00000176. The van der Waals surface area contributed by atoms with Gasteiger partial charge in [0.25, 0.3) is 5.91 Å². The van der Waals surface area contributed by atoms with Gasteiger partial charge in [0.1, 0.15) is 5.54 Å². The van der Waals surface area contributed by atoms with Gasteiger partial charge in [-0.25, -0.2) is 4.79 Å². The van der Waals surface area contributed by atoms with Crippen molar-refractivity contribution in [2.45, 2.75) is 50.1 Å². The molecule has 1 aliphatic carbocycles. The number of halogens is 1. The molecule has 1 saturated carbocycles. The zero-order valence-electron chi connectivity index (χ0n) is 12.5. The second-order valence-electron chi connectivity index (χ2n) is 6.18. The first-order valence-electron chi connectivity index (χ1n) is 7.75. The van der Waals surface area contributed by atoms with Crippen LogP contribution in [0, 0.1) is 0 Å². The maximum absolute atomic E-state index is 12.4. The SMILES string of the molecule is Cl.O=C(CCN1C(=O)NC2(CCCC2)C1=O)NC1CCNC1. The lowest BCUT2D eigenvalue weighted by Crippen LogP contribution is -2.44. The number of nitrogens with zero attached hydrogens (tertiary/aromatic N) is 1. The molecular weight excluding hydrogens is 308 g/mol. The van der Waals surface area contributed by atoms with Gasteiger partial charge in [-0.2, -0.15) is 0 Å². The lowest BCUT2D eigenvalue weighted by Gasteiger charge is -2.20. The summed E-state index contributed by atoms with van der Waals surface area (Å²) in [6.07, 6.45) is 4.47. The van der Waals surface area contributed by atoms with Gasteiger partial charge in [-0.15, -0.1) is 12.4 Å². The predicted octanol–water partition coefficient (Wildman–Crippen LogP) is 0.141. The van der Waals surface area contributed by atoms with E-state index in [0.717, 1.165) is 32.4 Å². The Hall–Kier alpha value is -1.34. The van der Waals surface area contributed by atoms with Crippen LogP contribution in [0.1, 0.15) is 38.5 Å². The van der Waals surface area contributed by atoms with Crippen molar-refractivity contribution in [1.29, 1.82) is 0 Å². The Morgan fingerprint density at radius 2 is 2.05 bits per heavy atom. The molecule has 8 heteroatoms. The molecule has 2 heterocycles. The molecule has 2 saturated heterocycles. The minimum atomic E-state index is -0.678. The summed E-state index contributed by atoms with van der Waals surface area (Å²) in [6, 6.07) is -0.181. The van der Waals surface area contributed by atoms with Gasteiger partial charge in [0.05, 0.1) is 0 Å². The Morgan fingerprint density at radius 3 is 2.68 bits per heavy atom. The molecule has 0 aromatic carbocycles. The zero-order valence-corrected chi connectivity index (χ0v) is 13.3. The van der Waals surface area contributed by atoms with E-state index in [0.29, 0.717) is 12.8 Å². The van der Waals surface area contributed by atoms with Crippen molar-refractivity contribution in [3.05, 3.63) is 0 Å². The van der Waals surface area contributed by atoms with E-state index in [4.69, 9.17) is 0 Å². The summed E-state index contributed by atoms with van der Waals surface area (Å²) in [7, 11) is 0. The van der Waals surface area contributed by atoms with Gasteiger partial charge in [-0.05, 0) is 25.8 Å². The highest BCUT2D eigenvalue weighted by Gasteiger charge is 2.52. The van der Waals surface area contributed by atoms with E-state index in [9.17, 15) is 14.4 Å². The van der Waals surface area contributed by atoms with Gasteiger partial charge >= 0.3 is 6.03 Å². The van der Waals surface area contributed by atoms with Crippen LogP contribution in [-0.2, 0) is 9.59 Å². The van der Waals surface area contributed by atoms with E-state index in [2.05, 4.69) is 16.0 Å². The summed E-state index contributed by atoms with van der Waals surface area (Å²) < 4.78 is 0. The molecule has 0 bridgehead atoms. The lowest BCUT2D eigenvalue weighted by atomic mass is 9.98. The van der Waals surface area contributed by atoms with E-state index >= 15 is 0 Å². The number of urea groups is 1. The number of hydrogen-bond acceptors (Lipinski definition) is 4. The van der Waals surface area contributed by atoms with Crippen LogP contribution in [-0.4, -0.2) is 54.0 Å². The molecule has 0 aromatic heterocycles. The van der Waals surface area contributed by atoms with Gasteiger partial charge in [-0.3, -0.25) is 14.5 Å². The van der Waals surface area contributed by atoms with Crippen LogP contribution in [0.3, 0.4) is 0 Å². The molecule has 22 heavy (non-hydrogen) atoms. The molecule has 124 valence electrons. The van der Waals surface area contributed by atoms with Crippen molar-refractivity contribution in [2.75, 3.05) is 19.6 Å². The topological polar surface area (TPSA) is 90.5 Å². The Bertz CT molecular complexity index is 459. The molecular formula is C14H23ClN4O3. The van der Waals surface area contributed by atoms with Gasteiger partial charge < -0.3 is 16.0 Å². The molecule has 1 unspecified atom stereocenters. The second kappa shape index (κ2) is 6.83. The van der Waals surface area contributed by atoms with Crippen molar-refractivity contribution in [2.24, 2.45) is 0 Å². The Morgan fingerprint density at radius 1 is 1.32 bits per heavy atom. The van der Waals surface area contributed by atoms with Gasteiger partial charge in [0.15, 0.2) is 0 Å². The Kier molecular flexibility index (Phi) is 5.28. The normalized spacial score (nSPS) is 26.2. The van der Waals surface area contributed by atoms with Crippen molar-refractivity contribution in [3.63, 3.8) is 0 Å². The van der Waals surface area contributed by atoms with Crippen LogP contribution in [0.2, 0.25) is 0 Å². The lowest BCUT2D eigenvalue weighted by molar-refractivity contribution is -0.131. The van der Waals surface area contributed by atoms with Crippen LogP contribution in [0.15, 0.2) is 0 Å². The number of rotatable bonds is 4. The monoisotopic (exact) mass is 330 g/mol. The second-order valence-corrected chi connectivity index (χ2v) is 6.18. The summed E-state index contributed by atoms with van der Waals surface area (Å²) in [5.41, 5.74) is -0.678. The molecule has 1 spiro atoms. The third kappa shape index (κ3) is 3.20. The molecule has 7 nitrogen and oxygen atoms in total. The van der Waals surface area contributed by atoms with Crippen molar-refractivity contribution < 1.29 is 14.4 Å². The maximum Gasteiger partial charge on any atom is 0.325 e. The highest BCUT2D eigenvalue weighted by Crippen LogP contribution is 2.34. The quantitative estimate of drug-likeness (QED) is 0.640. The molecule has 3 aliphatic rings. The van der Waals surface area contributed by atoms with E-state index < -0.39 is 5.54 Å². The number of amides is 4. The first-order valence-corrected chi connectivity index (χ1v) is 7.75. The summed E-state index contributed by atoms with van der Waals surface area (Å²) in [6.45, 7) is 1.87. The number of nitrogens with one attached hydrogen (secondary N) is 3. The minimum absolute atomic E-state index is 0. The summed E-state index contributed by atoms with van der Waals surface area (Å²) in [5.74, 6) is -0.253. The molecule has 3 rings (SSSR count). The fraction of sp³-hybridized carbons (Fsp3) is 0.786. The average molecular weight is 331 g/mol. The van der Waals surface area contributed by atoms with Gasteiger partial charge in [0.2, 0.25) is 5.91 Å². The van der Waals surface area contributed by atoms with Gasteiger partial charge in [0, 0.05) is 25.6 Å². The van der Waals surface area contributed by atoms with Crippen LogP contribution < -0.4 is 16.0 Å². The molecule has 1 atom stereocenters. The highest BCUT2D eigenvalue weighted by atomic mass is 35.5. The molecule has 2 aliphatic heterocycles. The summed E-state index contributed by atoms with van der Waals surface area (Å²) in [5, 5.41) is 8.92. The standard InChI is InChI=1S/C14H22N4O3.ClH/c19-11(16-10-3-7-15-9-10)4-8-18-12(20)14(17-13(18)21)5-1-2-6-14;/h10,15H,1-9H2,(H,16,19)(H,17,21);1H. The Labute approximate surface area is 136 Å². The fourth-order valence-corrected chi connectivity index (χ4v) is 3.49. The summed E-state index contributed by atoms with van der Waals surface area (Å²) >= 11 is 0. The number of imide groups is 1. The molecule has 0 aromatic rings. The van der Waals surface area contributed by atoms with E-state index in [1.165, 1.54) is 4.90 Å². The minimum Gasteiger partial charge on any atom is -0.352 e. The molecule has 4 amide bonds. The smallest absolute Gasteiger partial charge is 0.325 e. The first kappa shape index (κ1) is 17.0. The zero-order chi connectivity index (χ0) is 14.9. The molecule has 3 fully saturated rings. The van der Waals surface area contributed by atoms with Crippen LogP contribution in [0.25, 0.3) is 0 Å². The van der Waals surface area contributed by atoms with E-state index in [-0.39, 0.29) is 49.3 Å². The largest absolute Gasteiger partial charge is 0.352 e. The van der Waals surface area contributed by atoms with Crippen LogP contribution in [0.5, 0.6) is 0 Å². The summed E-state index contributed by atoms with van der Waals surface area (Å²) in [4.78, 5) is 37.4. The first-order chi connectivity index (χ1) is 10.1. The van der Waals surface area contributed by atoms with E-state index in [1.54, 1.807) is 0 Å². The van der Waals surface area contributed by atoms with Crippen molar-refractivity contribution in [1.82, 2.24) is 20.9 Å². The number of carbonyl (C=O) groups is 3. The van der Waals surface area contributed by atoms with Crippen LogP contribution >= 0.6 is 12.4 Å². The third-order valence-electron chi connectivity index (χ3n) is 4.69. The molecule has 0 radical (unpaired) electrons. The average Bonchev–Trinajstić information content (AvgIpc) is 3.14. The van der Waals surface area contributed by atoms with Crippen molar-refractivity contribution in [3.8, 4) is 0 Å². The van der Waals surface area contributed by atoms with Crippen LogP contribution in [0.4, 0.5) is 4.79 Å². The fourth-order valence-electron chi connectivity index (χ4n) is 3.49. The van der Waals surface area contributed by atoms with Gasteiger partial charge in [-0.1, -0.05) is 12.8 Å². The third-order valence-corrected chi connectivity index (χ3v) is 4.69. The highest BCUT2D eigenvalue weighted by molar-refractivity contribution is 6.07.